The van der Waals surface area contributed by atoms with Crippen LogP contribution in [0.3, 0.4) is 0 Å². The number of hydrogen-bond acceptors (Lipinski definition) is 3. The van der Waals surface area contributed by atoms with Crippen molar-refractivity contribution in [2.45, 2.75) is 13.5 Å². The van der Waals surface area contributed by atoms with E-state index in [-0.39, 0.29) is 0 Å². The predicted octanol–water partition coefficient (Wildman–Crippen LogP) is 2.11. The quantitative estimate of drug-likeness (QED) is 0.785. The number of hydrogen-bond donors (Lipinski definition) is 1. The molecule has 0 fully saturated rings. The predicted molar refractivity (Wildman–Crippen MR) is 54.6 cm³/mol. The van der Waals surface area contributed by atoms with E-state index in [1.54, 1.807) is 6.20 Å². The Bertz CT molecular complexity index is 417. The fourth-order valence-corrected chi connectivity index (χ4v) is 1.26. The van der Waals surface area contributed by atoms with Crippen molar-refractivity contribution in [3.63, 3.8) is 0 Å². The highest BCUT2D eigenvalue weighted by atomic mass is 16.3. The van der Waals surface area contributed by atoms with Gasteiger partial charge in [0, 0.05) is 17.5 Å². The third kappa shape index (κ3) is 1.67. The molecule has 2 heterocycles. The van der Waals surface area contributed by atoms with E-state index in [9.17, 15) is 0 Å². The van der Waals surface area contributed by atoms with E-state index >= 15 is 0 Å². The molecular formula is C11H12N2O. The molecule has 0 aliphatic rings. The average molecular weight is 188 g/mol. The maximum atomic E-state index is 5.49. The molecule has 0 radical (unpaired) electrons. The van der Waals surface area contributed by atoms with Crippen molar-refractivity contribution in [2.24, 2.45) is 5.73 Å². The van der Waals surface area contributed by atoms with Crippen molar-refractivity contribution >= 4 is 0 Å². The molecule has 2 aromatic rings. The van der Waals surface area contributed by atoms with Crippen molar-refractivity contribution < 1.29 is 4.42 Å². The molecule has 0 aliphatic carbocycles. The lowest BCUT2D eigenvalue weighted by molar-refractivity contribution is 0.525. The van der Waals surface area contributed by atoms with Gasteiger partial charge in [0.1, 0.15) is 11.5 Å². The van der Waals surface area contributed by atoms with Gasteiger partial charge in [0.15, 0.2) is 0 Å². The van der Waals surface area contributed by atoms with Crippen LogP contribution < -0.4 is 5.73 Å². The first-order valence-corrected chi connectivity index (χ1v) is 4.51. The van der Waals surface area contributed by atoms with E-state index in [2.05, 4.69) is 4.98 Å². The van der Waals surface area contributed by atoms with Crippen LogP contribution in [0.2, 0.25) is 0 Å². The van der Waals surface area contributed by atoms with Crippen LogP contribution in [0.25, 0.3) is 11.3 Å². The van der Waals surface area contributed by atoms with E-state index in [1.807, 2.05) is 31.2 Å². The molecular weight excluding hydrogens is 176 g/mol. The van der Waals surface area contributed by atoms with E-state index < -0.39 is 0 Å². The van der Waals surface area contributed by atoms with Crippen LogP contribution in [0.4, 0.5) is 0 Å². The zero-order valence-electron chi connectivity index (χ0n) is 8.03. The Labute approximate surface area is 82.6 Å². The van der Waals surface area contributed by atoms with Gasteiger partial charge in [0.2, 0.25) is 0 Å². The van der Waals surface area contributed by atoms with Gasteiger partial charge in [-0.3, -0.25) is 4.98 Å². The summed E-state index contributed by atoms with van der Waals surface area (Å²) >= 11 is 0. The van der Waals surface area contributed by atoms with Gasteiger partial charge in [0.05, 0.1) is 6.54 Å². The lowest BCUT2D eigenvalue weighted by Crippen LogP contribution is -1.92. The van der Waals surface area contributed by atoms with Gasteiger partial charge in [-0.15, -0.1) is 0 Å². The Balaban J connectivity index is 2.34. The molecule has 2 N–H and O–H groups in total. The first-order chi connectivity index (χ1) is 6.79. The largest absolute Gasteiger partial charge is 0.460 e. The highest BCUT2D eigenvalue weighted by Gasteiger charge is 2.03. The van der Waals surface area contributed by atoms with E-state index in [1.165, 1.54) is 0 Å². The lowest BCUT2D eigenvalue weighted by atomic mass is 10.2. The molecule has 14 heavy (non-hydrogen) atoms. The molecule has 72 valence electrons. The molecule has 0 amide bonds. The second kappa shape index (κ2) is 3.64. The van der Waals surface area contributed by atoms with E-state index in [0.29, 0.717) is 6.54 Å². The summed E-state index contributed by atoms with van der Waals surface area (Å²) in [5, 5.41) is 0. The second-order valence-corrected chi connectivity index (χ2v) is 3.16. The molecule has 0 unspecified atom stereocenters. The Kier molecular flexibility index (Phi) is 2.33. The smallest absolute Gasteiger partial charge is 0.135 e. The minimum atomic E-state index is 0.430. The maximum Gasteiger partial charge on any atom is 0.135 e. The summed E-state index contributed by atoms with van der Waals surface area (Å²) < 4.78 is 5.49. The molecule has 0 atom stereocenters. The van der Waals surface area contributed by atoms with Gasteiger partial charge in [-0.1, -0.05) is 0 Å². The molecule has 0 saturated heterocycles. The molecule has 2 aromatic heterocycles. The molecule has 2 rings (SSSR count). The SMILES string of the molecule is Cc1ccc(-c2ccc(CN)o2)cn1. The minimum absolute atomic E-state index is 0.430. The van der Waals surface area contributed by atoms with Crippen LogP contribution in [-0.2, 0) is 6.54 Å². The van der Waals surface area contributed by atoms with E-state index in [4.69, 9.17) is 10.2 Å². The number of rotatable bonds is 2. The highest BCUT2D eigenvalue weighted by molar-refractivity contribution is 5.56. The number of nitrogens with two attached hydrogens (primary N) is 1. The second-order valence-electron chi connectivity index (χ2n) is 3.16. The summed E-state index contributed by atoms with van der Waals surface area (Å²) in [5.41, 5.74) is 7.44. The van der Waals surface area contributed by atoms with Crippen LogP contribution in [0, 0.1) is 6.92 Å². The number of furan rings is 1. The van der Waals surface area contributed by atoms with E-state index in [0.717, 1.165) is 22.8 Å². The van der Waals surface area contributed by atoms with Crippen molar-refractivity contribution in [2.75, 3.05) is 0 Å². The topological polar surface area (TPSA) is 52.0 Å². The average Bonchev–Trinajstić information content (AvgIpc) is 2.67. The normalized spacial score (nSPS) is 10.4. The van der Waals surface area contributed by atoms with Gasteiger partial charge < -0.3 is 10.2 Å². The van der Waals surface area contributed by atoms with Gasteiger partial charge >= 0.3 is 0 Å². The number of aromatic nitrogens is 1. The minimum Gasteiger partial charge on any atom is -0.460 e. The molecule has 0 spiro atoms. The Morgan fingerprint density at radius 2 is 2.14 bits per heavy atom. The van der Waals surface area contributed by atoms with Crippen LogP contribution in [0.5, 0.6) is 0 Å². The van der Waals surface area contributed by atoms with Gasteiger partial charge in [0.25, 0.3) is 0 Å². The third-order valence-electron chi connectivity index (χ3n) is 2.06. The Morgan fingerprint density at radius 1 is 1.29 bits per heavy atom. The molecule has 3 heteroatoms. The van der Waals surface area contributed by atoms with Crippen LogP contribution in [-0.4, -0.2) is 4.98 Å². The molecule has 0 bridgehead atoms. The maximum absolute atomic E-state index is 5.49. The summed E-state index contributed by atoms with van der Waals surface area (Å²) in [6, 6.07) is 7.74. The summed E-state index contributed by atoms with van der Waals surface area (Å²) in [5.74, 6) is 1.61. The molecule has 3 nitrogen and oxygen atoms in total. The summed E-state index contributed by atoms with van der Waals surface area (Å²) in [6.45, 7) is 2.39. The summed E-state index contributed by atoms with van der Waals surface area (Å²) in [4.78, 5) is 4.20. The summed E-state index contributed by atoms with van der Waals surface area (Å²) in [7, 11) is 0. The van der Waals surface area contributed by atoms with Gasteiger partial charge in [-0.25, -0.2) is 0 Å². The monoisotopic (exact) mass is 188 g/mol. The Morgan fingerprint density at radius 3 is 2.71 bits per heavy atom. The Hall–Kier alpha value is -1.61. The third-order valence-corrected chi connectivity index (χ3v) is 2.06. The van der Waals surface area contributed by atoms with Crippen molar-refractivity contribution in [1.29, 1.82) is 0 Å². The first kappa shape index (κ1) is 8.97. The number of pyridine rings is 1. The zero-order valence-corrected chi connectivity index (χ0v) is 8.03. The van der Waals surface area contributed by atoms with Gasteiger partial charge in [-0.05, 0) is 31.2 Å². The highest BCUT2D eigenvalue weighted by Crippen LogP contribution is 2.20. The zero-order chi connectivity index (χ0) is 9.97. The van der Waals surface area contributed by atoms with Crippen molar-refractivity contribution in [1.82, 2.24) is 4.98 Å². The standard InChI is InChI=1S/C11H12N2O/c1-8-2-3-9(7-13-8)11-5-4-10(6-12)14-11/h2-5,7H,6,12H2,1H3. The number of aryl methyl sites for hydroxylation is 1. The fourth-order valence-electron chi connectivity index (χ4n) is 1.26. The molecule has 0 saturated carbocycles. The summed E-state index contributed by atoms with van der Waals surface area (Å²) in [6.07, 6.45) is 1.80. The first-order valence-electron chi connectivity index (χ1n) is 4.51. The number of nitrogens with zero attached hydrogens (tertiary/aromatic N) is 1. The van der Waals surface area contributed by atoms with Gasteiger partial charge in [-0.2, -0.15) is 0 Å². The van der Waals surface area contributed by atoms with Crippen LogP contribution in [0.1, 0.15) is 11.5 Å². The van der Waals surface area contributed by atoms with Crippen LogP contribution in [0.15, 0.2) is 34.9 Å². The molecule has 0 aliphatic heterocycles. The van der Waals surface area contributed by atoms with Crippen LogP contribution >= 0.6 is 0 Å². The fraction of sp³-hybridized carbons (Fsp3) is 0.182. The lowest BCUT2D eigenvalue weighted by Gasteiger charge is -1.96. The molecule has 0 aromatic carbocycles. The van der Waals surface area contributed by atoms with Crippen molar-refractivity contribution in [3.8, 4) is 11.3 Å². The van der Waals surface area contributed by atoms with Crippen molar-refractivity contribution in [3.05, 3.63) is 41.9 Å².